The number of aliphatic carboxylic acids is 1. The van der Waals surface area contributed by atoms with Crippen LogP contribution < -0.4 is 10.6 Å². The summed E-state index contributed by atoms with van der Waals surface area (Å²) in [6.45, 7) is 1.54. The zero-order chi connectivity index (χ0) is 28.8. The van der Waals surface area contributed by atoms with Crippen molar-refractivity contribution in [1.29, 1.82) is 0 Å². The van der Waals surface area contributed by atoms with E-state index < -0.39 is 29.6 Å². The molecule has 1 heterocycles. The minimum absolute atomic E-state index is 0.112. The van der Waals surface area contributed by atoms with Crippen LogP contribution in [0.3, 0.4) is 0 Å². The average molecular weight is 574 g/mol. The van der Waals surface area contributed by atoms with Gasteiger partial charge < -0.3 is 20.5 Å². The first kappa shape index (κ1) is 28.7. The standard InChI is InChI=1S/C32H35N3O5S/c1-41-18-15-28(29(36)37)33-30(38)32(16-17-35(21-32)19-22-9-3-2-4-10-22)34-31(39)40-20-27-25-13-7-5-11-23(25)24-12-6-8-14-26(24)27/h2-14,27-28H,15-21H2,1H3,(H,33,38)(H,34,39)(H,36,37)/t28-,32?/m1/s1. The molecule has 1 aliphatic heterocycles. The quantitative estimate of drug-likeness (QED) is 0.310. The van der Waals surface area contributed by atoms with Crippen molar-refractivity contribution in [2.24, 2.45) is 0 Å². The Hall–Kier alpha value is -3.82. The van der Waals surface area contributed by atoms with Crippen LogP contribution >= 0.6 is 11.8 Å². The fourth-order valence-corrected chi connectivity index (χ4v) is 6.30. The van der Waals surface area contributed by atoms with Gasteiger partial charge >= 0.3 is 12.1 Å². The number of thioether (sulfide) groups is 1. The highest BCUT2D eigenvalue weighted by Crippen LogP contribution is 2.44. The van der Waals surface area contributed by atoms with Crippen LogP contribution in [0.2, 0.25) is 0 Å². The van der Waals surface area contributed by atoms with Gasteiger partial charge in [0.1, 0.15) is 18.2 Å². The lowest BCUT2D eigenvalue weighted by atomic mass is 9.96. The molecule has 0 radical (unpaired) electrons. The first-order valence-electron chi connectivity index (χ1n) is 13.8. The zero-order valence-electron chi connectivity index (χ0n) is 23.0. The summed E-state index contributed by atoms with van der Waals surface area (Å²) in [7, 11) is 0. The van der Waals surface area contributed by atoms with Gasteiger partial charge in [-0.15, -0.1) is 0 Å². The molecule has 214 valence electrons. The highest BCUT2D eigenvalue weighted by Gasteiger charge is 2.47. The minimum Gasteiger partial charge on any atom is -0.480 e. The molecule has 1 saturated heterocycles. The van der Waals surface area contributed by atoms with E-state index in [-0.39, 0.29) is 25.5 Å². The molecule has 2 amide bonds. The maximum atomic E-state index is 13.7. The number of hydrogen-bond donors (Lipinski definition) is 3. The Labute approximate surface area is 244 Å². The van der Waals surface area contributed by atoms with E-state index in [4.69, 9.17) is 4.74 Å². The summed E-state index contributed by atoms with van der Waals surface area (Å²) < 4.78 is 5.78. The predicted molar refractivity (Wildman–Crippen MR) is 160 cm³/mol. The third-order valence-corrected chi connectivity index (χ3v) is 8.58. The molecule has 1 unspecified atom stereocenters. The van der Waals surface area contributed by atoms with Gasteiger partial charge in [0.2, 0.25) is 5.91 Å². The average Bonchev–Trinajstić information content (AvgIpc) is 3.53. The normalized spacial score (nSPS) is 18.8. The molecular weight excluding hydrogens is 538 g/mol. The monoisotopic (exact) mass is 573 g/mol. The van der Waals surface area contributed by atoms with Gasteiger partial charge in [0.15, 0.2) is 0 Å². The van der Waals surface area contributed by atoms with E-state index in [1.165, 1.54) is 11.8 Å². The second-order valence-electron chi connectivity index (χ2n) is 10.6. The van der Waals surface area contributed by atoms with Crippen molar-refractivity contribution >= 4 is 29.7 Å². The Kier molecular flexibility index (Phi) is 8.95. The van der Waals surface area contributed by atoms with Crippen LogP contribution in [0, 0.1) is 0 Å². The number of carbonyl (C=O) groups excluding carboxylic acids is 2. The molecule has 0 spiro atoms. The van der Waals surface area contributed by atoms with Crippen LogP contribution in [0.1, 0.15) is 35.4 Å². The van der Waals surface area contributed by atoms with Gasteiger partial charge in [-0.2, -0.15) is 11.8 Å². The molecule has 1 fully saturated rings. The third-order valence-electron chi connectivity index (χ3n) is 7.93. The SMILES string of the molecule is CSCC[C@@H](NC(=O)C1(NC(=O)OCC2c3ccccc3-c3ccccc32)CCN(Cc2ccccc2)C1)C(=O)O. The lowest BCUT2D eigenvalue weighted by Crippen LogP contribution is -2.62. The Bertz CT molecular complexity index is 1360. The van der Waals surface area contributed by atoms with E-state index in [1.807, 2.05) is 60.9 Å². The number of hydrogen-bond acceptors (Lipinski definition) is 6. The molecule has 3 aromatic rings. The van der Waals surface area contributed by atoms with Crippen LogP contribution in [0.4, 0.5) is 4.79 Å². The first-order chi connectivity index (χ1) is 19.9. The van der Waals surface area contributed by atoms with Crippen molar-refractivity contribution in [3.05, 3.63) is 95.6 Å². The molecule has 3 N–H and O–H groups in total. The minimum atomic E-state index is -1.32. The maximum Gasteiger partial charge on any atom is 0.408 e. The number of ether oxygens (including phenoxy) is 1. The summed E-state index contributed by atoms with van der Waals surface area (Å²) in [4.78, 5) is 41.0. The van der Waals surface area contributed by atoms with Gasteiger partial charge in [-0.25, -0.2) is 9.59 Å². The summed E-state index contributed by atoms with van der Waals surface area (Å²) >= 11 is 1.51. The molecule has 5 rings (SSSR count). The van der Waals surface area contributed by atoms with Crippen molar-refractivity contribution in [1.82, 2.24) is 15.5 Å². The number of carbonyl (C=O) groups is 3. The van der Waals surface area contributed by atoms with Crippen LogP contribution in [-0.2, 0) is 20.9 Å². The highest BCUT2D eigenvalue weighted by molar-refractivity contribution is 7.98. The predicted octanol–water partition coefficient (Wildman–Crippen LogP) is 4.49. The number of carboxylic acids is 1. The molecule has 41 heavy (non-hydrogen) atoms. The van der Waals surface area contributed by atoms with Gasteiger partial charge in [0, 0.05) is 25.6 Å². The van der Waals surface area contributed by atoms with Crippen molar-refractivity contribution in [3.63, 3.8) is 0 Å². The number of rotatable bonds is 11. The van der Waals surface area contributed by atoms with E-state index in [2.05, 4.69) is 39.8 Å². The number of nitrogens with one attached hydrogen (secondary N) is 2. The molecule has 0 aromatic heterocycles. The Morgan fingerprint density at radius 3 is 2.27 bits per heavy atom. The van der Waals surface area contributed by atoms with E-state index in [9.17, 15) is 19.5 Å². The largest absolute Gasteiger partial charge is 0.480 e. The summed E-state index contributed by atoms with van der Waals surface area (Å²) in [6, 6.07) is 25.1. The van der Waals surface area contributed by atoms with Gasteiger partial charge in [0.25, 0.3) is 0 Å². The number of amides is 2. The number of nitrogens with zero attached hydrogens (tertiary/aromatic N) is 1. The second-order valence-corrected chi connectivity index (χ2v) is 11.6. The van der Waals surface area contributed by atoms with E-state index >= 15 is 0 Å². The third kappa shape index (κ3) is 6.41. The highest BCUT2D eigenvalue weighted by atomic mass is 32.2. The van der Waals surface area contributed by atoms with E-state index in [1.54, 1.807) is 0 Å². The van der Waals surface area contributed by atoms with Gasteiger partial charge in [-0.1, -0.05) is 78.9 Å². The molecule has 1 aliphatic carbocycles. The lowest BCUT2D eigenvalue weighted by Gasteiger charge is -2.31. The Morgan fingerprint density at radius 1 is 1.00 bits per heavy atom. The number of benzene rings is 3. The smallest absolute Gasteiger partial charge is 0.408 e. The topological polar surface area (TPSA) is 108 Å². The summed E-state index contributed by atoms with van der Waals surface area (Å²) in [5, 5.41) is 15.3. The molecule has 0 saturated carbocycles. The lowest BCUT2D eigenvalue weighted by molar-refractivity contribution is -0.142. The molecular formula is C32H35N3O5S. The summed E-state index contributed by atoms with van der Waals surface area (Å²) in [6.07, 6.45) is 1.82. The molecule has 0 bridgehead atoms. The Balaban J connectivity index is 1.31. The van der Waals surface area contributed by atoms with Crippen LogP contribution in [0.25, 0.3) is 11.1 Å². The molecule has 2 atom stereocenters. The van der Waals surface area contributed by atoms with Crippen LogP contribution in [-0.4, -0.2) is 71.3 Å². The zero-order valence-corrected chi connectivity index (χ0v) is 23.9. The van der Waals surface area contributed by atoms with Crippen LogP contribution in [0.15, 0.2) is 78.9 Å². The number of fused-ring (bicyclic) bond motifs is 3. The number of alkyl carbamates (subject to hydrolysis) is 1. The molecule has 3 aromatic carbocycles. The van der Waals surface area contributed by atoms with Gasteiger partial charge in [-0.05, 0) is 52.7 Å². The number of likely N-dealkylation sites (tertiary alicyclic amines) is 1. The molecule has 9 heteroatoms. The number of carboxylic acid groups (broad SMARTS) is 1. The van der Waals surface area contributed by atoms with Crippen molar-refractivity contribution < 1.29 is 24.2 Å². The van der Waals surface area contributed by atoms with Gasteiger partial charge in [-0.3, -0.25) is 9.69 Å². The van der Waals surface area contributed by atoms with E-state index in [0.29, 0.717) is 25.3 Å². The van der Waals surface area contributed by atoms with Crippen molar-refractivity contribution in [2.45, 2.75) is 36.9 Å². The molecule has 8 nitrogen and oxygen atoms in total. The first-order valence-corrected chi connectivity index (χ1v) is 15.2. The maximum absolute atomic E-state index is 13.7. The second kappa shape index (κ2) is 12.8. The summed E-state index contributed by atoms with van der Waals surface area (Å²) in [5.74, 6) is -1.12. The van der Waals surface area contributed by atoms with Crippen molar-refractivity contribution in [2.75, 3.05) is 31.7 Å². The van der Waals surface area contributed by atoms with Crippen LogP contribution in [0.5, 0.6) is 0 Å². The van der Waals surface area contributed by atoms with Crippen molar-refractivity contribution in [3.8, 4) is 11.1 Å². The summed E-state index contributed by atoms with van der Waals surface area (Å²) in [5.41, 5.74) is 4.23. The fraction of sp³-hybridized carbons (Fsp3) is 0.344. The van der Waals surface area contributed by atoms with E-state index in [0.717, 1.165) is 27.8 Å². The fourth-order valence-electron chi connectivity index (χ4n) is 5.83. The van der Waals surface area contributed by atoms with Gasteiger partial charge in [0.05, 0.1) is 0 Å². The Morgan fingerprint density at radius 2 is 1.63 bits per heavy atom. The molecule has 2 aliphatic rings.